The van der Waals surface area contributed by atoms with Gasteiger partial charge in [0, 0.05) is 31.1 Å². The van der Waals surface area contributed by atoms with Crippen LogP contribution in [0.25, 0.3) is 0 Å². The molecule has 0 saturated carbocycles. The molecule has 4 heteroatoms. The minimum Gasteiger partial charge on any atom is -0.329 e. The molecule has 1 aliphatic heterocycles. The van der Waals surface area contributed by atoms with E-state index in [1.54, 1.807) is 24.5 Å². The minimum atomic E-state index is -0.0532. The van der Waals surface area contributed by atoms with Crippen LogP contribution in [0.3, 0.4) is 0 Å². The molecule has 0 radical (unpaired) electrons. The molecule has 0 saturated heterocycles. The highest BCUT2D eigenvalue weighted by molar-refractivity contribution is 6.00. The molecule has 0 aliphatic carbocycles. The number of aromatic amines is 1. The minimum absolute atomic E-state index is 0. The molecule has 0 fully saturated rings. The summed E-state index contributed by atoms with van der Waals surface area (Å²) in [7, 11) is 0. The molecule has 1 aromatic rings. The van der Waals surface area contributed by atoms with Gasteiger partial charge in [-0.05, 0) is 12.1 Å². The predicted octanol–water partition coefficient (Wildman–Crippen LogP) is 3.61. The van der Waals surface area contributed by atoms with E-state index in [0.717, 1.165) is 0 Å². The number of aliphatic imine (C=N–C) groups is 1. The number of pyridine rings is 1. The zero-order chi connectivity index (χ0) is 14.2. The van der Waals surface area contributed by atoms with Gasteiger partial charge in [-0.25, -0.2) is 0 Å². The first kappa shape index (κ1) is 22.2. The van der Waals surface area contributed by atoms with Crippen LogP contribution in [0.2, 0.25) is 0 Å². The Morgan fingerprint density at radius 2 is 1.74 bits per heavy atom. The first-order valence-corrected chi connectivity index (χ1v) is 6.14. The number of rotatable bonds is 0. The molecule has 0 unspecified atom stereocenters. The maximum atomic E-state index is 10.3. The van der Waals surface area contributed by atoms with Gasteiger partial charge >= 0.3 is 0 Å². The molecule has 0 bridgehead atoms. The van der Waals surface area contributed by atoms with Crippen molar-refractivity contribution in [3.05, 3.63) is 47.0 Å². The van der Waals surface area contributed by atoms with Gasteiger partial charge in [-0.2, -0.15) is 0 Å². The van der Waals surface area contributed by atoms with E-state index in [4.69, 9.17) is 0 Å². The lowest BCUT2D eigenvalue weighted by atomic mass is 10.3. The Balaban J connectivity index is -0.000000205. The zero-order valence-electron chi connectivity index (χ0n) is 11.5. The Bertz CT molecular complexity index is 389. The second-order valence-corrected chi connectivity index (χ2v) is 2.54. The Morgan fingerprint density at radius 3 is 1.95 bits per heavy atom. The number of allylic oxidation sites excluding steroid dienone is 1. The van der Waals surface area contributed by atoms with Crippen molar-refractivity contribution in [2.75, 3.05) is 0 Å². The molecule has 2 heterocycles. The number of hydrogen-bond donors (Lipinski definition) is 1. The van der Waals surface area contributed by atoms with E-state index in [9.17, 15) is 9.59 Å². The van der Waals surface area contributed by atoms with Crippen molar-refractivity contribution in [3.63, 3.8) is 0 Å². The van der Waals surface area contributed by atoms with E-state index in [2.05, 4.69) is 9.98 Å². The molecule has 1 N–H and O–H groups in total. The number of hydrogen-bond acceptors (Lipinski definition) is 3. The molecule has 0 atom stereocenters. The summed E-state index contributed by atoms with van der Waals surface area (Å²) in [6.45, 7) is 8.00. The quantitative estimate of drug-likeness (QED) is 0.779. The van der Waals surface area contributed by atoms with Crippen LogP contribution in [-0.2, 0) is 4.79 Å². The summed E-state index contributed by atoms with van der Waals surface area (Å²) in [5.74, 6) is 0.134. The van der Waals surface area contributed by atoms with Crippen molar-refractivity contribution in [2.24, 2.45) is 4.99 Å². The molecular formula is C15H26N2O2. The standard InChI is InChI=1S/2C5H5NO.2C2H6.CH4/c7-5-1-3-6-4-2-5;7-5-3-1-2-4-6-5;2*1-2;/h1,3-4H,2H2;1-4H,(H,6,7);2*1-2H3;1H4. The third-order valence-corrected chi connectivity index (χ3v) is 1.42. The van der Waals surface area contributed by atoms with E-state index in [1.807, 2.05) is 27.7 Å². The molecule has 19 heavy (non-hydrogen) atoms. The van der Waals surface area contributed by atoms with Gasteiger partial charge in [-0.15, -0.1) is 0 Å². The lowest BCUT2D eigenvalue weighted by Gasteiger charge is -1.88. The molecule has 1 aliphatic rings. The number of ketones is 1. The van der Waals surface area contributed by atoms with Crippen LogP contribution in [0.4, 0.5) is 0 Å². The lowest BCUT2D eigenvalue weighted by molar-refractivity contribution is -0.113. The fourth-order valence-corrected chi connectivity index (χ4v) is 0.775. The lowest BCUT2D eigenvalue weighted by Crippen LogP contribution is -1.98. The van der Waals surface area contributed by atoms with Crippen LogP contribution in [0.15, 0.2) is 46.5 Å². The van der Waals surface area contributed by atoms with Crippen molar-refractivity contribution in [1.82, 2.24) is 4.98 Å². The second kappa shape index (κ2) is 18.4. The number of carbonyl (C=O) groups is 1. The Hall–Kier alpha value is -1.97. The first-order chi connectivity index (χ1) is 8.79. The van der Waals surface area contributed by atoms with Gasteiger partial charge in [-0.3, -0.25) is 14.6 Å². The van der Waals surface area contributed by atoms with Crippen LogP contribution in [0.1, 0.15) is 41.5 Å². The summed E-state index contributed by atoms with van der Waals surface area (Å²) in [6, 6.07) is 4.93. The van der Waals surface area contributed by atoms with Crippen LogP contribution >= 0.6 is 0 Å². The Morgan fingerprint density at radius 1 is 1.11 bits per heavy atom. The van der Waals surface area contributed by atoms with E-state index in [0.29, 0.717) is 6.42 Å². The van der Waals surface area contributed by atoms with Gasteiger partial charge < -0.3 is 4.98 Å². The van der Waals surface area contributed by atoms with E-state index in [1.165, 1.54) is 18.3 Å². The van der Waals surface area contributed by atoms with Crippen LogP contribution in [0, 0.1) is 0 Å². The largest absolute Gasteiger partial charge is 0.329 e. The average Bonchev–Trinajstić information content (AvgIpc) is 2.46. The van der Waals surface area contributed by atoms with Gasteiger partial charge in [0.1, 0.15) is 0 Å². The first-order valence-electron chi connectivity index (χ1n) is 6.14. The van der Waals surface area contributed by atoms with Crippen LogP contribution < -0.4 is 5.56 Å². The zero-order valence-corrected chi connectivity index (χ0v) is 11.5. The van der Waals surface area contributed by atoms with E-state index in [-0.39, 0.29) is 18.8 Å². The van der Waals surface area contributed by atoms with Gasteiger partial charge in [-0.1, -0.05) is 41.2 Å². The van der Waals surface area contributed by atoms with Crippen molar-refractivity contribution < 1.29 is 4.79 Å². The predicted molar refractivity (Wildman–Crippen MR) is 83.7 cm³/mol. The Labute approximate surface area is 116 Å². The number of aromatic nitrogens is 1. The molecule has 0 amide bonds. The summed E-state index contributed by atoms with van der Waals surface area (Å²) in [5.41, 5.74) is -0.0532. The number of nitrogens with zero attached hydrogens (tertiary/aromatic N) is 1. The summed E-state index contributed by atoms with van der Waals surface area (Å²) in [5, 5.41) is 0. The van der Waals surface area contributed by atoms with Gasteiger partial charge in [0.25, 0.3) is 0 Å². The topological polar surface area (TPSA) is 62.3 Å². The molecule has 108 valence electrons. The summed E-state index contributed by atoms with van der Waals surface area (Å²) < 4.78 is 0. The highest BCUT2D eigenvalue weighted by atomic mass is 16.1. The van der Waals surface area contributed by atoms with Crippen LogP contribution in [-0.4, -0.2) is 17.0 Å². The van der Waals surface area contributed by atoms with Gasteiger partial charge in [0.2, 0.25) is 5.56 Å². The molecule has 2 rings (SSSR count). The van der Waals surface area contributed by atoms with Gasteiger partial charge in [0.15, 0.2) is 5.78 Å². The maximum absolute atomic E-state index is 10.3. The molecule has 0 aromatic carbocycles. The highest BCUT2D eigenvalue weighted by Crippen LogP contribution is 1.88. The monoisotopic (exact) mass is 266 g/mol. The third-order valence-electron chi connectivity index (χ3n) is 1.42. The SMILES string of the molecule is C.CC.CC.O=C1C=CN=CC1.O=c1cccc[nH]1. The Kier molecular flexibility index (Phi) is 21.5. The van der Waals surface area contributed by atoms with E-state index >= 15 is 0 Å². The smallest absolute Gasteiger partial charge is 0.247 e. The summed E-state index contributed by atoms with van der Waals surface area (Å²) >= 11 is 0. The summed E-state index contributed by atoms with van der Waals surface area (Å²) in [4.78, 5) is 26.7. The molecule has 0 spiro atoms. The number of carbonyl (C=O) groups excluding carboxylic acids is 1. The molecule has 1 aromatic heterocycles. The van der Waals surface area contributed by atoms with Crippen molar-refractivity contribution in [1.29, 1.82) is 0 Å². The maximum Gasteiger partial charge on any atom is 0.247 e. The van der Waals surface area contributed by atoms with Crippen LogP contribution in [0.5, 0.6) is 0 Å². The normalized spacial score (nSPS) is 10.4. The van der Waals surface area contributed by atoms with E-state index < -0.39 is 0 Å². The van der Waals surface area contributed by atoms with Crippen molar-refractivity contribution >= 4 is 12.0 Å². The van der Waals surface area contributed by atoms with Gasteiger partial charge in [0.05, 0.1) is 0 Å². The molecular weight excluding hydrogens is 240 g/mol. The second-order valence-electron chi connectivity index (χ2n) is 2.54. The molecule has 4 nitrogen and oxygen atoms in total. The number of H-pyrrole nitrogens is 1. The third kappa shape index (κ3) is 16.0. The summed E-state index contributed by atoms with van der Waals surface area (Å²) in [6.07, 6.45) is 6.65. The van der Waals surface area contributed by atoms with Crippen molar-refractivity contribution in [2.45, 2.75) is 41.5 Å². The highest BCUT2D eigenvalue weighted by Gasteiger charge is 1.93. The fraction of sp³-hybridized carbons (Fsp3) is 0.400. The number of nitrogens with one attached hydrogen (secondary N) is 1. The van der Waals surface area contributed by atoms with Crippen molar-refractivity contribution in [3.8, 4) is 0 Å². The fourth-order valence-electron chi connectivity index (χ4n) is 0.775. The average molecular weight is 266 g/mol.